The Labute approximate surface area is 382 Å². The Hall–Kier alpha value is -6.16. The van der Waals surface area contributed by atoms with Crippen LogP contribution in [0, 0.1) is 20.8 Å². The number of hydrogen-bond donors (Lipinski definition) is 4. The molecule has 5 heterocycles. The molecule has 0 radical (unpaired) electrons. The summed E-state index contributed by atoms with van der Waals surface area (Å²) in [6.07, 6.45) is 0.108. The molecule has 4 aromatic rings. The second kappa shape index (κ2) is 21.2. The molecule has 19 nitrogen and oxygen atoms in total. The van der Waals surface area contributed by atoms with Crippen molar-refractivity contribution in [2.75, 3.05) is 64.7 Å². The van der Waals surface area contributed by atoms with E-state index >= 15 is 0 Å². The number of aryl methyl sites for hydroxylation is 2. The van der Waals surface area contributed by atoms with E-state index in [1.807, 2.05) is 37.5 Å². The van der Waals surface area contributed by atoms with E-state index in [4.69, 9.17) is 35.5 Å². The Morgan fingerprint density at radius 1 is 0.862 bits per heavy atom. The van der Waals surface area contributed by atoms with Crippen molar-refractivity contribution < 1.29 is 47.7 Å². The maximum atomic E-state index is 13.4. The fourth-order valence-electron chi connectivity index (χ4n) is 7.40. The van der Waals surface area contributed by atoms with Gasteiger partial charge in [-0.05, 0) is 57.0 Å². The zero-order chi connectivity index (χ0) is 46.2. The van der Waals surface area contributed by atoms with E-state index in [1.165, 1.54) is 6.07 Å². The molecule has 2 aromatic carbocycles. The number of thiophene rings is 1. The Kier molecular flexibility index (Phi) is 15.3. The molecular weight excluding hydrogens is 882 g/mol. The highest BCUT2D eigenvalue weighted by atomic mass is 35.5. The van der Waals surface area contributed by atoms with Crippen LogP contribution in [0.25, 0.3) is 5.00 Å². The highest BCUT2D eigenvalue weighted by Crippen LogP contribution is 2.40. The van der Waals surface area contributed by atoms with E-state index in [0.717, 1.165) is 31.5 Å². The molecule has 0 aliphatic carbocycles. The van der Waals surface area contributed by atoms with Crippen LogP contribution in [0.3, 0.4) is 0 Å². The van der Waals surface area contributed by atoms with Crippen molar-refractivity contribution in [1.82, 2.24) is 35.8 Å². The van der Waals surface area contributed by atoms with Gasteiger partial charge in [0.25, 0.3) is 17.7 Å². The first-order valence-corrected chi connectivity index (χ1v) is 22.1. The van der Waals surface area contributed by atoms with Crippen LogP contribution in [0.4, 0.5) is 5.69 Å². The fourth-order valence-corrected chi connectivity index (χ4v) is 8.74. The number of carbonyl (C=O) groups excluding carboxylic acids is 6. The van der Waals surface area contributed by atoms with E-state index in [2.05, 4.69) is 38.3 Å². The topological polar surface area (TPSA) is 234 Å². The van der Waals surface area contributed by atoms with Gasteiger partial charge >= 0.3 is 0 Å². The van der Waals surface area contributed by atoms with Crippen LogP contribution in [-0.4, -0.2) is 126 Å². The van der Waals surface area contributed by atoms with E-state index < -0.39 is 47.5 Å². The van der Waals surface area contributed by atoms with E-state index in [-0.39, 0.29) is 55.8 Å². The molecule has 21 heteroatoms. The van der Waals surface area contributed by atoms with Crippen molar-refractivity contribution in [2.45, 2.75) is 52.1 Å². The number of aromatic nitrogens is 3. The van der Waals surface area contributed by atoms with Crippen LogP contribution in [0.5, 0.6) is 0 Å². The molecule has 1 saturated heterocycles. The second-order valence-electron chi connectivity index (χ2n) is 15.1. The number of fused-ring (bicyclic) bond motifs is 4. The summed E-state index contributed by atoms with van der Waals surface area (Å²) in [5, 5.41) is 15.5. The number of piperidine rings is 1. The molecular formula is C44H48ClN9O10S. The van der Waals surface area contributed by atoms with Crippen LogP contribution in [0.1, 0.15) is 79.2 Å². The number of ether oxygens (including phenoxy) is 4. The fraction of sp³-hybridized carbons (Fsp3) is 0.386. The Morgan fingerprint density at radius 3 is 2.23 bits per heavy atom. The van der Waals surface area contributed by atoms with Crippen molar-refractivity contribution in [1.29, 1.82) is 0 Å². The first-order valence-electron chi connectivity index (χ1n) is 20.9. The van der Waals surface area contributed by atoms with Gasteiger partial charge in [0, 0.05) is 45.3 Å². The summed E-state index contributed by atoms with van der Waals surface area (Å²) in [5.41, 5.74) is 9.16. The minimum absolute atomic E-state index is 0.0193. The van der Waals surface area contributed by atoms with Gasteiger partial charge in [-0.15, -0.1) is 21.5 Å². The molecule has 2 atom stereocenters. The molecule has 342 valence electrons. The van der Waals surface area contributed by atoms with Crippen LogP contribution in [0.15, 0.2) is 59.6 Å². The summed E-state index contributed by atoms with van der Waals surface area (Å²) in [4.78, 5) is 83.2. The lowest BCUT2D eigenvalue weighted by atomic mass is 9.99. The van der Waals surface area contributed by atoms with Crippen molar-refractivity contribution in [2.24, 2.45) is 4.99 Å². The van der Waals surface area contributed by atoms with Gasteiger partial charge < -0.3 is 24.3 Å². The van der Waals surface area contributed by atoms with Crippen LogP contribution < -0.4 is 21.5 Å². The summed E-state index contributed by atoms with van der Waals surface area (Å²) in [7, 11) is 0. The number of nitrogens with one attached hydrogen (secondary N) is 4. The van der Waals surface area contributed by atoms with Gasteiger partial charge in [0.15, 0.2) is 5.82 Å². The van der Waals surface area contributed by atoms with Crippen molar-refractivity contribution in [3.8, 4) is 5.00 Å². The number of rotatable bonds is 20. The van der Waals surface area contributed by atoms with Crippen LogP contribution >= 0.6 is 22.9 Å². The standard InChI is InChI=1S/C44H48ClN9O10S/c1-24-26(3)65-44-35(24)38(28-8-10-29(45)11-9-28)48-37(39-51-49-27(4)53(39)44)25(2)40(57)52-50-34(56)14-16-61-18-20-63-22-23-64-21-19-62-17-15-46-31-7-5-6-30-36(31)43(60)54(42(30)59)32-12-13-33(55)47-41(32)58/h5-11,32,37,46H,2,12-23H2,1,3-4H3,(H,50,56)(H,52,57)(H,47,55,58)/t32?,37-/m0/s1. The predicted molar refractivity (Wildman–Crippen MR) is 238 cm³/mol. The Balaban J connectivity index is 0.748. The molecule has 65 heavy (non-hydrogen) atoms. The van der Waals surface area contributed by atoms with Gasteiger partial charge in [-0.3, -0.25) is 59.4 Å². The zero-order valence-corrected chi connectivity index (χ0v) is 37.6. The number of hydrazine groups is 1. The molecule has 7 rings (SSSR count). The number of hydrogen-bond acceptors (Lipinski definition) is 15. The Morgan fingerprint density at radius 2 is 1.54 bits per heavy atom. The second-order valence-corrected chi connectivity index (χ2v) is 16.8. The molecule has 4 N–H and O–H groups in total. The molecule has 0 saturated carbocycles. The number of carbonyl (C=O) groups is 6. The molecule has 1 unspecified atom stereocenters. The van der Waals surface area contributed by atoms with Crippen LogP contribution in [0.2, 0.25) is 5.02 Å². The largest absolute Gasteiger partial charge is 0.382 e. The molecule has 2 aromatic heterocycles. The monoisotopic (exact) mass is 929 g/mol. The summed E-state index contributed by atoms with van der Waals surface area (Å²) >= 11 is 7.79. The molecule has 0 bridgehead atoms. The third-order valence-electron chi connectivity index (χ3n) is 10.8. The average Bonchev–Trinajstić information content (AvgIpc) is 3.86. The first-order chi connectivity index (χ1) is 31.3. The maximum absolute atomic E-state index is 13.4. The number of halogens is 1. The number of nitrogens with zero attached hydrogens (tertiary/aromatic N) is 5. The lowest BCUT2D eigenvalue weighted by Crippen LogP contribution is -2.54. The van der Waals surface area contributed by atoms with E-state index in [1.54, 1.807) is 35.6 Å². The van der Waals surface area contributed by atoms with Gasteiger partial charge in [0.2, 0.25) is 17.7 Å². The van der Waals surface area contributed by atoms with E-state index in [0.29, 0.717) is 67.6 Å². The Bertz CT molecular complexity index is 2540. The van der Waals surface area contributed by atoms with E-state index in [9.17, 15) is 28.8 Å². The number of imide groups is 2. The lowest BCUT2D eigenvalue weighted by Gasteiger charge is -2.27. The lowest BCUT2D eigenvalue weighted by molar-refractivity contribution is -0.136. The summed E-state index contributed by atoms with van der Waals surface area (Å²) in [5.74, 6) is -2.30. The third kappa shape index (κ3) is 10.5. The SMILES string of the molecule is C=C(C(=O)NNC(=O)CCOCCOCCOCCOCCNc1cccc2c1C(=O)N(C1CCC(=O)NC1=O)C2=O)[C@@H]1N=C(c2ccc(Cl)cc2)c2c(sc(C)c2C)-n2c(C)nnc21. The minimum atomic E-state index is -1.04. The molecule has 3 aliphatic rings. The molecule has 6 amide bonds. The van der Waals surface area contributed by atoms with Gasteiger partial charge in [0.1, 0.15) is 22.9 Å². The average molecular weight is 930 g/mol. The van der Waals surface area contributed by atoms with Crippen molar-refractivity contribution in [3.63, 3.8) is 0 Å². The van der Waals surface area contributed by atoms with Gasteiger partial charge in [-0.25, -0.2) is 0 Å². The van der Waals surface area contributed by atoms with Gasteiger partial charge in [-0.1, -0.05) is 36.4 Å². The molecule has 3 aliphatic heterocycles. The summed E-state index contributed by atoms with van der Waals surface area (Å²) < 4.78 is 24.1. The zero-order valence-electron chi connectivity index (χ0n) is 36.0. The normalized spacial score (nSPS) is 16.6. The number of aliphatic imine (C=N–C) groups is 1. The number of benzene rings is 2. The smallest absolute Gasteiger partial charge is 0.267 e. The predicted octanol–water partition coefficient (Wildman–Crippen LogP) is 3.47. The molecule has 1 fully saturated rings. The molecule has 0 spiro atoms. The van der Waals surface area contributed by atoms with Gasteiger partial charge in [0.05, 0.1) is 76.1 Å². The van der Waals surface area contributed by atoms with Crippen molar-refractivity contribution >= 4 is 69.8 Å². The highest BCUT2D eigenvalue weighted by Gasteiger charge is 2.45. The quantitative estimate of drug-likeness (QED) is 0.0431. The van der Waals surface area contributed by atoms with Crippen molar-refractivity contribution in [3.05, 3.63) is 104 Å². The number of amides is 6. The highest BCUT2D eigenvalue weighted by molar-refractivity contribution is 7.15. The summed E-state index contributed by atoms with van der Waals surface area (Å²) in [6.45, 7) is 12.5. The maximum Gasteiger partial charge on any atom is 0.267 e. The number of anilines is 1. The van der Waals surface area contributed by atoms with Gasteiger partial charge in [-0.2, -0.15) is 0 Å². The van der Waals surface area contributed by atoms with Crippen LogP contribution in [-0.2, 0) is 38.1 Å². The summed E-state index contributed by atoms with van der Waals surface area (Å²) in [6, 6.07) is 10.2. The first kappa shape index (κ1) is 46.8. The third-order valence-corrected chi connectivity index (χ3v) is 12.3. The minimum Gasteiger partial charge on any atom is -0.382 e.